The highest BCUT2D eigenvalue weighted by molar-refractivity contribution is 5.65. The molecule has 1 saturated carbocycles. The third-order valence-electron chi connectivity index (χ3n) is 4.11. The van der Waals surface area contributed by atoms with Crippen LogP contribution in [0.2, 0.25) is 0 Å². The van der Waals surface area contributed by atoms with Crippen LogP contribution in [0, 0.1) is 5.92 Å². The molecule has 0 spiro atoms. The molecule has 1 N–H and O–H groups in total. The minimum atomic E-state index is 0.0405. The highest BCUT2D eigenvalue weighted by Crippen LogP contribution is 2.41. The molecule has 1 aromatic carbocycles. The van der Waals surface area contributed by atoms with Crippen LogP contribution in [-0.2, 0) is 6.42 Å². The van der Waals surface area contributed by atoms with E-state index in [2.05, 4.69) is 37.4 Å². The number of rotatable bonds is 2. The summed E-state index contributed by atoms with van der Waals surface area (Å²) in [6.45, 7) is 5.62. The zero-order valence-electron chi connectivity index (χ0n) is 10.8. The molecule has 17 heavy (non-hydrogen) atoms. The summed E-state index contributed by atoms with van der Waals surface area (Å²) in [4.78, 5) is 0. The highest BCUT2D eigenvalue weighted by Gasteiger charge is 2.35. The number of para-hydroxylation sites is 1. The van der Waals surface area contributed by atoms with E-state index in [9.17, 15) is 0 Å². The first-order valence-corrected chi connectivity index (χ1v) is 6.71. The molecule has 0 aromatic heterocycles. The summed E-state index contributed by atoms with van der Waals surface area (Å²) >= 11 is 0. The maximum absolute atomic E-state index is 6.31. The normalized spacial score (nSPS) is 31.1. The van der Waals surface area contributed by atoms with Crippen LogP contribution >= 0.6 is 0 Å². The average molecular weight is 231 g/mol. The first-order chi connectivity index (χ1) is 8.16. The van der Waals surface area contributed by atoms with Crippen molar-refractivity contribution in [1.82, 2.24) is 0 Å². The molecule has 1 aliphatic carbocycles. The third kappa shape index (κ3) is 2.01. The van der Waals surface area contributed by atoms with Gasteiger partial charge in [-0.2, -0.15) is 0 Å². The second-order valence-electron chi connectivity index (χ2n) is 5.87. The van der Waals surface area contributed by atoms with Crippen LogP contribution in [-0.4, -0.2) is 12.1 Å². The van der Waals surface area contributed by atoms with Crippen molar-refractivity contribution in [3.63, 3.8) is 0 Å². The fourth-order valence-corrected chi connectivity index (χ4v) is 3.24. The molecular formula is C15H21NO. The number of hydrogen-bond acceptors (Lipinski definition) is 2. The van der Waals surface area contributed by atoms with Crippen LogP contribution in [0.5, 0.6) is 5.75 Å². The smallest absolute Gasteiger partial charge is 0.143 e. The predicted octanol–water partition coefficient (Wildman–Crippen LogP) is 3.61. The Bertz CT molecular complexity index is 429. The van der Waals surface area contributed by atoms with Gasteiger partial charge in [-0.3, -0.25) is 0 Å². The Labute approximate surface area is 103 Å². The lowest BCUT2D eigenvalue weighted by molar-refractivity contribution is 0.0938. The van der Waals surface area contributed by atoms with Crippen molar-refractivity contribution in [2.45, 2.75) is 45.1 Å². The van der Waals surface area contributed by atoms with Gasteiger partial charge in [0.15, 0.2) is 0 Å². The summed E-state index contributed by atoms with van der Waals surface area (Å²) < 4.78 is 6.31. The van der Waals surface area contributed by atoms with Gasteiger partial charge in [-0.25, -0.2) is 0 Å². The standard InChI is InChI=1S/C15H21NO/c1-11-6-8-15(2,10-11)17-13-5-3-4-12-7-9-16-14(12)13/h3-5,11,16H,6-10H2,1-2H3. The van der Waals surface area contributed by atoms with Crippen molar-refractivity contribution in [3.05, 3.63) is 23.8 Å². The zero-order chi connectivity index (χ0) is 11.9. The minimum Gasteiger partial charge on any atom is -0.485 e. The fraction of sp³-hybridized carbons (Fsp3) is 0.600. The molecule has 1 fully saturated rings. The second kappa shape index (κ2) is 3.94. The minimum absolute atomic E-state index is 0.0405. The van der Waals surface area contributed by atoms with Crippen molar-refractivity contribution < 1.29 is 4.74 Å². The molecule has 3 rings (SSSR count). The Morgan fingerprint density at radius 2 is 2.29 bits per heavy atom. The maximum Gasteiger partial charge on any atom is 0.143 e. The molecule has 2 unspecified atom stereocenters. The average Bonchev–Trinajstić information content (AvgIpc) is 2.86. The van der Waals surface area contributed by atoms with Crippen molar-refractivity contribution in [2.24, 2.45) is 5.92 Å². The molecule has 1 aromatic rings. The van der Waals surface area contributed by atoms with Gasteiger partial charge in [0.1, 0.15) is 11.4 Å². The van der Waals surface area contributed by atoms with Gasteiger partial charge >= 0.3 is 0 Å². The zero-order valence-corrected chi connectivity index (χ0v) is 10.8. The van der Waals surface area contributed by atoms with Crippen LogP contribution in [0.3, 0.4) is 0 Å². The second-order valence-corrected chi connectivity index (χ2v) is 5.87. The molecule has 2 aliphatic rings. The van der Waals surface area contributed by atoms with Crippen molar-refractivity contribution in [2.75, 3.05) is 11.9 Å². The van der Waals surface area contributed by atoms with E-state index in [0.29, 0.717) is 0 Å². The molecule has 2 nitrogen and oxygen atoms in total. The van der Waals surface area contributed by atoms with E-state index >= 15 is 0 Å². The van der Waals surface area contributed by atoms with Gasteiger partial charge in [0.2, 0.25) is 0 Å². The molecule has 2 atom stereocenters. The lowest BCUT2D eigenvalue weighted by Gasteiger charge is -2.27. The highest BCUT2D eigenvalue weighted by atomic mass is 16.5. The van der Waals surface area contributed by atoms with Crippen LogP contribution in [0.1, 0.15) is 38.7 Å². The van der Waals surface area contributed by atoms with Crippen LogP contribution < -0.4 is 10.1 Å². The van der Waals surface area contributed by atoms with Crippen molar-refractivity contribution >= 4 is 5.69 Å². The lowest BCUT2D eigenvalue weighted by Crippen LogP contribution is -2.29. The van der Waals surface area contributed by atoms with E-state index in [1.54, 1.807) is 0 Å². The van der Waals surface area contributed by atoms with Gasteiger partial charge in [-0.15, -0.1) is 0 Å². The molecule has 0 saturated heterocycles. The van der Waals surface area contributed by atoms with Crippen molar-refractivity contribution in [1.29, 1.82) is 0 Å². The summed E-state index contributed by atoms with van der Waals surface area (Å²) in [6, 6.07) is 6.41. The molecule has 2 heteroatoms. The summed E-state index contributed by atoms with van der Waals surface area (Å²) in [5.41, 5.74) is 2.67. The molecule has 92 valence electrons. The molecule has 0 bridgehead atoms. The number of benzene rings is 1. The van der Waals surface area contributed by atoms with E-state index in [4.69, 9.17) is 4.74 Å². The summed E-state index contributed by atoms with van der Waals surface area (Å²) in [5.74, 6) is 1.85. The molecule has 1 heterocycles. The largest absolute Gasteiger partial charge is 0.485 e. The SMILES string of the molecule is CC1CCC(C)(Oc2cccc3c2NCC3)C1. The third-order valence-corrected chi connectivity index (χ3v) is 4.11. The van der Waals surface area contributed by atoms with E-state index < -0.39 is 0 Å². The molecule has 0 amide bonds. The van der Waals surface area contributed by atoms with Gasteiger partial charge in [0, 0.05) is 6.54 Å². The Morgan fingerprint density at radius 3 is 3.06 bits per heavy atom. The van der Waals surface area contributed by atoms with Gasteiger partial charge in [-0.05, 0) is 50.2 Å². The first kappa shape index (κ1) is 10.9. The van der Waals surface area contributed by atoms with E-state index in [1.165, 1.54) is 30.5 Å². The summed E-state index contributed by atoms with van der Waals surface area (Å²) in [6.07, 6.45) is 4.77. The van der Waals surface area contributed by atoms with Crippen molar-refractivity contribution in [3.8, 4) is 5.75 Å². The van der Waals surface area contributed by atoms with Gasteiger partial charge < -0.3 is 10.1 Å². The van der Waals surface area contributed by atoms with E-state index in [1.807, 2.05) is 0 Å². The lowest BCUT2D eigenvalue weighted by atomic mass is 10.0. The van der Waals surface area contributed by atoms with E-state index in [0.717, 1.165) is 24.6 Å². The Hall–Kier alpha value is -1.18. The number of ether oxygens (including phenoxy) is 1. The van der Waals surface area contributed by atoms with Crippen LogP contribution in [0.15, 0.2) is 18.2 Å². The van der Waals surface area contributed by atoms with Gasteiger partial charge in [0.05, 0.1) is 5.69 Å². The van der Waals surface area contributed by atoms with Crippen LogP contribution in [0.25, 0.3) is 0 Å². The number of nitrogens with one attached hydrogen (secondary N) is 1. The maximum atomic E-state index is 6.31. The molecular weight excluding hydrogens is 210 g/mol. The fourth-order valence-electron chi connectivity index (χ4n) is 3.24. The number of fused-ring (bicyclic) bond motifs is 1. The van der Waals surface area contributed by atoms with Crippen LogP contribution in [0.4, 0.5) is 5.69 Å². The quantitative estimate of drug-likeness (QED) is 0.839. The number of anilines is 1. The monoisotopic (exact) mass is 231 g/mol. The Morgan fingerprint density at radius 1 is 1.41 bits per heavy atom. The topological polar surface area (TPSA) is 21.3 Å². The molecule has 0 radical (unpaired) electrons. The van der Waals surface area contributed by atoms with E-state index in [-0.39, 0.29) is 5.60 Å². The summed E-state index contributed by atoms with van der Waals surface area (Å²) in [5, 5.41) is 3.45. The Kier molecular flexibility index (Phi) is 2.53. The van der Waals surface area contributed by atoms with Gasteiger partial charge in [0.25, 0.3) is 0 Å². The Balaban J connectivity index is 1.84. The first-order valence-electron chi connectivity index (χ1n) is 6.71. The number of hydrogen-bond donors (Lipinski definition) is 1. The predicted molar refractivity (Wildman–Crippen MR) is 70.7 cm³/mol. The van der Waals surface area contributed by atoms with Gasteiger partial charge in [-0.1, -0.05) is 19.1 Å². The summed E-state index contributed by atoms with van der Waals surface area (Å²) in [7, 11) is 0. The molecule has 1 aliphatic heterocycles.